The van der Waals surface area contributed by atoms with E-state index in [4.69, 9.17) is 0 Å². The standard InChI is InChI=1S/C17H18N4S/c1-12(2)20-15-4-3-5-16(8-15)21-17-18-9-14(10-19-17)13-6-7-22-11-13/h3-12,20H,1-2H3,(H,18,19,21). The quantitative estimate of drug-likeness (QED) is 0.713. The lowest BCUT2D eigenvalue weighted by atomic mass is 10.2. The Labute approximate surface area is 134 Å². The second kappa shape index (κ2) is 6.58. The molecule has 2 N–H and O–H groups in total. The van der Waals surface area contributed by atoms with Gasteiger partial charge in [-0.05, 0) is 54.4 Å². The summed E-state index contributed by atoms with van der Waals surface area (Å²) in [5.74, 6) is 0.598. The molecule has 0 atom stereocenters. The predicted octanol–water partition coefficient (Wildman–Crippen LogP) is 4.77. The highest BCUT2D eigenvalue weighted by Crippen LogP contribution is 2.22. The molecule has 0 spiro atoms. The maximum atomic E-state index is 4.38. The van der Waals surface area contributed by atoms with Crippen molar-refractivity contribution in [3.05, 3.63) is 53.5 Å². The highest BCUT2D eigenvalue weighted by atomic mass is 32.1. The predicted molar refractivity (Wildman–Crippen MR) is 93.8 cm³/mol. The van der Waals surface area contributed by atoms with Crippen LogP contribution in [0.4, 0.5) is 17.3 Å². The summed E-state index contributed by atoms with van der Waals surface area (Å²) in [6.45, 7) is 4.23. The van der Waals surface area contributed by atoms with Gasteiger partial charge in [-0.3, -0.25) is 0 Å². The first kappa shape index (κ1) is 14.5. The van der Waals surface area contributed by atoms with E-state index < -0.39 is 0 Å². The Morgan fingerprint density at radius 3 is 2.45 bits per heavy atom. The van der Waals surface area contributed by atoms with Gasteiger partial charge in [0.1, 0.15) is 0 Å². The van der Waals surface area contributed by atoms with Crippen molar-refractivity contribution in [1.29, 1.82) is 0 Å². The van der Waals surface area contributed by atoms with E-state index in [0.29, 0.717) is 12.0 Å². The van der Waals surface area contributed by atoms with Crippen molar-refractivity contribution in [2.45, 2.75) is 19.9 Å². The first-order chi connectivity index (χ1) is 10.7. The molecule has 2 heterocycles. The normalized spacial score (nSPS) is 10.7. The minimum absolute atomic E-state index is 0.399. The van der Waals surface area contributed by atoms with Gasteiger partial charge in [0.05, 0.1) is 0 Å². The molecule has 0 aliphatic rings. The van der Waals surface area contributed by atoms with Crippen LogP contribution in [0.1, 0.15) is 13.8 Å². The van der Waals surface area contributed by atoms with Gasteiger partial charge in [0.2, 0.25) is 5.95 Å². The zero-order valence-corrected chi connectivity index (χ0v) is 13.4. The Bertz CT molecular complexity index is 721. The molecule has 0 amide bonds. The van der Waals surface area contributed by atoms with Gasteiger partial charge in [-0.1, -0.05) is 6.07 Å². The number of anilines is 3. The van der Waals surface area contributed by atoms with Crippen LogP contribution < -0.4 is 10.6 Å². The Morgan fingerprint density at radius 1 is 1.00 bits per heavy atom. The summed E-state index contributed by atoms with van der Waals surface area (Å²) in [6.07, 6.45) is 3.68. The number of nitrogens with one attached hydrogen (secondary N) is 2. The largest absolute Gasteiger partial charge is 0.383 e. The number of nitrogens with zero attached hydrogens (tertiary/aromatic N) is 2. The van der Waals surface area contributed by atoms with E-state index in [1.54, 1.807) is 11.3 Å². The summed E-state index contributed by atoms with van der Waals surface area (Å²) in [7, 11) is 0. The van der Waals surface area contributed by atoms with Crippen LogP contribution in [0.5, 0.6) is 0 Å². The lowest BCUT2D eigenvalue weighted by molar-refractivity contribution is 0.900. The van der Waals surface area contributed by atoms with Crippen molar-refractivity contribution in [3.8, 4) is 11.1 Å². The number of thiophene rings is 1. The number of aromatic nitrogens is 2. The van der Waals surface area contributed by atoms with E-state index in [1.165, 1.54) is 0 Å². The van der Waals surface area contributed by atoms with Crippen LogP contribution in [-0.4, -0.2) is 16.0 Å². The van der Waals surface area contributed by atoms with Crippen LogP contribution in [0.2, 0.25) is 0 Å². The third-order valence-corrected chi connectivity index (χ3v) is 3.76. The molecule has 22 heavy (non-hydrogen) atoms. The molecular formula is C17H18N4S. The Kier molecular flexibility index (Phi) is 4.34. The molecule has 0 saturated carbocycles. The van der Waals surface area contributed by atoms with Crippen molar-refractivity contribution < 1.29 is 0 Å². The molecule has 2 aromatic heterocycles. The van der Waals surface area contributed by atoms with E-state index in [0.717, 1.165) is 22.5 Å². The molecule has 3 aromatic rings. The van der Waals surface area contributed by atoms with Crippen LogP contribution in [0.25, 0.3) is 11.1 Å². The summed E-state index contributed by atoms with van der Waals surface area (Å²) in [4.78, 5) is 8.77. The minimum atomic E-state index is 0.399. The zero-order valence-electron chi connectivity index (χ0n) is 12.6. The molecule has 0 saturated heterocycles. The zero-order chi connectivity index (χ0) is 15.4. The summed E-state index contributed by atoms with van der Waals surface area (Å²) < 4.78 is 0. The van der Waals surface area contributed by atoms with Crippen molar-refractivity contribution in [1.82, 2.24) is 9.97 Å². The van der Waals surface area contributed by atoms with Gasteiger partial charge < -0.3 is 10.6 Å². The van der Waals surface area contributed by atoms with Crippen LogP contribution in [-0.2, 0) is 0 Å². The topological polar surface area (TPSA) is 49.8 Å². The second-order valence-corrected chi connectivity index (χ2v) is 6.09. The van der Waals surface area contributed by atoms with Gasteiger partial charge in [-0.15, -0.1) is 0 Å². The van der Waals surface area contributed by atoms with Gasteiger partial charge in [-0.2, -0.15) is 11.3 Å². The van der Waals surface area contributed by atoms with E-state index in [9.17, 15) is 0 Å². The monoisotopic (exact) mass is 310 g/mol. The molecule has 0 fully saturated rings. The summed E-state index contributed by atoms with van der Waals surface area (Å²) in [5.41, 5.74) is 4.23. The fourth-order valence-corrected chi connectivity index (χ4v) is 2.78. The number of rotatable bonds is 5. The van der Waals surface area contributed by atoms with Crippen molar-refractivity contribution >= 4 is 28.7 Å². The smallest absolute Gasteiger partial charge is 0.227 e. The third-order valence-electron chi connectivity index (χ3n) is 3.08. The fraction of sp³-hybridized carbons (Fsp3) is 0.176. The molecule has 3 rings (SSSR count). The summed E-state index contributed by atoms with van der Waals surface area (Å²) in [5, 5.41) is 10.7. The Balaban J connectivity index is 1.73. The minimum Gasteiger partial charge on any atom is -0.383 e. The molecule has 1 aromatic carbocycles. The maximum absolute atomic E-state index is 4.38. The molecule has 4 nitrogen and oxygen atoms in total. The second-order valence-electron chi connectivity index (χ2n) is 5.31. The first-order valence-corrected chi connectivity index (χ1v) is 8.13. The highest BCUT2D eigenvalue weighted by molar-refractivity contribution is 7.08. The van der Waals surface area contributed by atoms with Crippen LogP contribution in [0, 0.1) is 0 Å². The van der Waals surface area contributed by atoms with Gasteiger partial charge in [-0.25, -0.2) is 9.97 Å². The Hall–Kier alpha value is -2.40. The summed E-state index contributed by atoms with van der Waals surface area (Å²) in [6, 6.07) is 10.6. The molecule has 0 bridgehead atoms. The van der Waals surface area contributed by atoms with Crippen LogP contribution in [0.15, 0.2) is 53.5 Å². The molecule has 0 unspecified atom stereocenters. The molecule has 0 radical (unpaired) electrons. The molecule has 5 heteroatoms. The van der Waals surface area contributed by atoms with Gasteiger partial charge >= 0.3 is 0 Å². The SMILES string of the molecule is CC(C)Nc1cccc(Nc2ncc(-c3ccsc3)cn2)c1. The van der Waals surface area contributed by atoms with Crippen molar-refractivity contribution in [2.24, 2.45) is 0 Å². The van der Waals surface area contributed by atoms with E-state index in [-0.39, 0.29) is 0 Å². The number of hydrogen-bond acceptors (Lipinski definition) is 5. The molecule has 112 valence electrons. The third kappa shape index (κ3) is 3.62. The number of hydrogen-bond donors (Lipinski definition) is 2. The van der Waals surface area contributed by atoms with Crippen molar-refractivity contribution in [3.63, 3.8) is 0 Å². The Morgan fingerprint density at radius 2 is 1.77 bits per heavy atom. The average molecular weight is 310 g/mol. The van der Waals surface area contributed by atoms with Gasteiger partial charge in [0, 0.05) is 35.4 Å². The molecule has 0 aliphatic heterocycles. The van der Waals surface area contributed by atoms with Crippen molar-refractivity contribution in [2.75, 3.05) is 10.6 Å². The summed E-state index contributed by atoms with van der Waals surface area (Å²) >= 11 is 1.67. The molecular weight excluding hydrogens is 292 g/mol. The van der Waals surface area contributed by atoms with Crippen LogP contribution in [0.3, 0.4) is 0 Å². The fourth-order valence-electron chi connectivity index (χ4n) is 2.12. The van der Waals surface area contributed by atoms with Gasteiger partial charge in [0.15, 0.2) is 0 Å². The molecule has 0 aliphatic carbocycles. The number of benzene rings is 1. The van der Waals surface area contributed by atoms with E-state index in [2.05, 4.69) is 57.3 Å². The lowest BCUT2D eigenvalue weighted by Crippen LogP contribution is -2.09. The highest BCUT2D eigenvalue weighted by Gasteiger charge is 2.02. The van der Waals surface area contributed by atoms with Gasteiger partial charge in [0.25, 0.3) is 0 Å². The van der Waals surface area contributed by atoms with E-state index >= 15 is 0 Å². The van der Waals surface area contributed by atoms with E-state index in [1.807, 2.05) is 30.6 Å². The lowest BCUT2D eigenvalue weighted by Gasteiger charge is -2.11. The van der Waals surface area contributed by atoms with Crippen LogP contribution >= 0.6 is 11.3 Å². The average Bonchev–Trinajstić information content (AvgIpc) is 3.02. The first-order valence-electron chi connectivity index (χ1n) is 7.19. The maximum Gasteiger partial charge on any atom is 0.227 e.